The van der Waals surface area contributed by atoms with Crippen molar-refractivity contribution in [2.45, 2.75) is 23.8 Å². The Kier molecular flexibility index (Phi) is 6.43. The number of nitrogens with zero attached hydrogens (tertiary/aromatic N) is 1. The number of benzene rings is 2. The monoisotopic (exact) mass is 399 g/mol. The number of thioether (sulfide) groups is 1. The van der Waals surface area contributed by atoms with Gasteiger partial charge in [-0.05, 0) is 43.8 Å². The van der Waals surface area contributed by atoms with Gasteiger partial charge in [0.2, 0.25) is 0 Å². The predicted octanol–water partition coefficient (Wildman–Crippen LogP) is 3.03. The van der Waals surface area contributed by atoms with Crippen molar-refractivity contribution in [3.8, 4) is 0 Å². The standard InChI is InChI=1S/C20H21N3O4S/c1-28-18-9-8-13(11-17(18)23(26)27)19(24)15-6-2-3-7-16(15)20(25)22-14-5-4-10-21-12-14/h2-3,6-9,11,14,21H,4-5,10,12H2,1H3,(H,22,25). The molecule has 1 amide bonds. The highest BCUT2D eigenvalue weighted by molar-refractivity contribution is 7.98. The van der Waals surface area contributed by atoms with E-state index in [4.69, 9.17) is 0 Å². The van der Waals surface area contributed by atoms with Gasteiger partial charge in [-0.15, -0.1) is 11.8 Å². The van der Waals surface area contributed by atoms with Gasteiger partial charge in [-0.1, -0.05) is 18.2 Å². The van der Waals surface area contributed by atoms with Gasteiger partial charge in [0.1, 0.15) is 0 Å². The molecule has 7 nitrogen and oxygen atoms in total. The SMILES string of the molecule is CSc1ccc(C(=O)c2ccccc2C(=O)NC2CCCNC2)cc1[N+](=O)[O-]. The van der Waals surface area contributed by atoms with E-state index in [1.807, 2.05) is 0 Å². The summed E-state index contributed by atoms with van der Waals surface area (Å²) in [5.74, 6) is -0.726. The summed E-state index contributed by atoms with van der Waals surface area (Å²) in [4.78, 5) is 37.0. The highest BCUT2D eigenvalue weighted by atomic mass is 32.2. The summed E-state index contributed by atoms with van der Waals surface area (Å²) in [5, 5.41) is 17.5. The number of hydrogen-bond acceptors (Lipinski definition) is 6. The minimum atomic E-state index is -0.503. The second-order valence-electron chi connectivity index (χ2n) is 6.54. The molecule has 28 heavy (non-hydrogen) atoms. The van der Waals surface area contributed by atoms with Crippen LogP contribution in [0.25, 0.3) is 0 Å². The van der Waals surface area contributed by atoms with Crippen molar-refractivity contribution in [2.24, 2.45) is 0 Å². The van der Waals surface area contributed by atoms with Crippen molar-refractivity contribution in [2.75, 3.05) is 19.3 Å². The first-order chi connectivity index (χ1) is 13.5. The summed E-state index contributed by atoms with van der Waals surface area (Å²) in [6.45, 7) is 1.64. The van der Waals surface area contributed by atoms with Crippen molar-refractivity contribution >= 4 is 29.1 Å². The second kappa shape index (κ2) is 8.99. The quantitative estimate of drug-likeness (QED) is 0.335. The maximum atomic E-state index is 13.0. The fourth-order valence-corrected chi connectivity index (χ4v) is 3.79. The number of carbonyl (C=O) groups excluding carboxylic acids is 2. The van der Waals surface area contributed by atoms with Gasteiger partial charge in [-0.25, -0.2) is 0 Å². The lowest BCUT2D eigenvalue weighted by Crippen LogP contribution is -2.45. The molecule has 0 aliphatic carbocycles. The highest BCUT2D eigenvalue weighted by Crippen LogP contribution is 2.29. The zero-order valence-corrected chi connectivity index (χ0v) is 16.3. The molecule has 0 radical (unpaired) electrons. The molecule has 1 unspecified atom stereocenters. The number of hydrogen-bond donors (Lipinski definition) is 2. The lowest BCUT2D eigenvalue weighted by Gasteiger charge is -2.24. The van der Waals surface area contributed by atoms with Gasteiger partial charge in [0.25, 0.3) is 11.6 Å². The first-order valence-electron chi connectivity index (χ1n) is 8.99. The van der Waals surface area contributed by atoms with Gasteiger partial charge in [0.15, 0.2) is 5.78 Å². The molecule has 1 fully saturated rings. The van der Waals surface area contributed by atoms with Crippen LogP contribution in [0.4, 0.5) is 5.69 Å². The lowest BCUT2D eigenvalue weighted by molar-refractivity contribution is -0.387. The van der Waals surface area contributed by atoms with Gasteiger partial charge in [-0.3, -0.25) is 19.7 Å². The summed E-state index contributed by atoms with van der Waals surface area (Å²) in [7, 11) is 0. The lowest BCUT2D eigenvalue weighted by atomic mass is 9.97. The first-order valence-corrected chi connectivity index (χ1v) is 10.2. The molecule has 0 aromatic heterocycles. The molecule has 2 aromatic rings. The molecule has 146 valence electrons. The molecular formula is C20H21N3O4S. The van der Waals surface area contributed by atoms with Crippen molar-refractivity contribution in [3.63, 3.8) is 0 Å². The van der Waals surface area contributed by atoms with E-state index >= 15 is 0 Å². The number of carbonyl (C=O) groups is 2. The van der Waals surface area contributed by atoms with E-state index in [0.717, 1.165) is 19.4 Å². The van der Waals surface area contributed by atoms with E-state index in [-0.39, 0.29) is 34.3 Å². The van der Waals surface area contributed by atoms with Crippen LogP contribution in [0, 0.1) is 10.1 Å². The van der Waals surface area contributed by atoms with E-state index in [1.165, 1.54) is 17.8 Å². The Morgan fingerprint density at radius 3 is 2.61 bits per heavy atom. The first kappa shape index (κ1) is 20.0. The Hall–Kier alpha value is -2.71. The highest BCUT2D eigenvalue weighted by Gasteiger charge is 2.23. The van der Waals surface area contributed by atoms with Crippen molar-refractivity contribution in [3.05, 3.63) is 69.3 Å². The van der Waals surface area contributed by atoms with Crippen LogP contribution in [0.15, 0.2) is 47.4 Å². The van der Waals surface area contributed by atoms with Crippen LogP contribution in [-0.2, 0) is 0 Å². The predicted molar refractivity (Wildman–Crippen MR) is 108 cm³/mol. The van der Waals surface area contributed by atoms with Crippen LogP contribution in [0.2, 0.25) is 0 Å². The molecule has 1 saturated heterocycles. The Morgan fingerprint density at radius 2 is 1.96 bits per heavy atom. The minimum Gasteiger partial charge on any atom is -0.348 e. The molecule has 0 saturated carbocycles. The van der Waals surface area contributed by atoms with Crippen LogP contribution in [0.3, 0.4) is 0 Å². The molecule has 1 aliphatic rings. The second-order valence-corrected chi connectivity index (χ2v) is 7.38. The number of rotatable bonds is 6. The number of nitrogens with one attached hydrogen (secondary N) is 2. The van der Waals surface area contributed by atoms with Gasteiger partial charge in [0.05, 0.1) is 15.4 Å². The molecule has 1 heterocycles. The Labute approximate surface area is 167 Å². The van der Waals surface area contributed by atoms with Crippen LogP contribution in [-0.4, -0.2) is 42.0 Å². The normalized spacial score (nSPS) is 16.4. The van der Waals surface area contributed by atoms with E-state index in [2.05, 4.69) is 10.6 Å². The summed E-state index contributed by atoms with van der Waals surface area (Å²) in [6.07, 6.45) is 3.61. The number of amides is 1. The maximum Gasteiger partial charge on any atom is 0.283 e. The number of nitro benzene ring substituents is 1. The van der Waals surface area contributed by atoms with Gasteiger partial charge in [0, 0.05) is 29.8 Å². The molecule has 0 spiro atoms. The molecule has 0 bridgehead atoms. The molecule has 2 aromatic carbocycles. The molecule has 1 atom stereocenters. The average molecular weight is 399 g/mol. The van der Waals surface area contributed by atoms with Gasteiger partial charge < -0.3 is 10.6 Å². The van der Waals surface area contributed by atoms with Crippen LogP contribution in [0.5, 0.6) is 0 Å². The minimum absolute atomic E-state index is 0.0198. The largest absolute Gasteiger partial charge is 0.348 e. The zero-order valence-electron chi connectivity index (χ0n) is 15.4. The van der Waals surface area contributed by atoms with Crippen molar-refractivity contribution in [1.82, 2.24) is 10.6 Å². The molecule has 8 heteroatoms. The van der Waals surface area contributed by atoms with Crippen molar-refractivity contribution < 1.29 is 14.5 Å². The Balaban J connectivity index is 1.89. The number of piperidine rings is 1. The van der Waals surface area contributed by atoms with Gasteiger partial charge >= 0.3 is 0 Å². The topological polar surface area (TPSA) is 101 Å². The fourth-order valence-electron chi connectivity index (χ4n) is 3.25. The van der Waals surface area contributed by atoms with E-state index in [9.17, 15) is 19.7 Å². The number of nitro groups is 1. The Morgan fingerprint density at radius 1 is 1.21 bits per heavy atom. The smallest absolute Gasteiger partial charge is 0.283 e. The average Bonchev–Trinajstić information content (AvgIpc) is 2.73. The summed E-state index contributed by atoms with van der Waals surface area (Å²) in [5.41, 5.74) is 0.572. The van der Waals surface area contributed by atoms with E-state index in [1.54, 1.807) is 42.7 Å². The maximum absolute atomic E-state index is 13.0. The van der Waals surface area contributed by atoms with Crippen LogP contribution >= 0.6 is 11.8 Å². The summed E-state index contributed by atoms with van der Waals surface area (Å²) < 4.78 is 0. The van der Waals surface area contributed by atoms with Gasteiger partial charge in [-0.2, -0.15) is 0 Å². The molecule has 2 N–H and O–H groups in total. The fraction of sp³-hybridized carbons (Fsp3) is 0.300. The molecule has 3 rings (SSSR count). The molecular weight excluding hydrogens is 378 g/mol. The third kappa shape index (κ3) is 4.40. The van der Waals surface area contributed by atoms with E-state index in [0.29, 0.717) is 11.4 Å². The zero-order chi connectivity index (χ0) is 20.1. The third-order valence-electron chi connectivity index (χ3n) is 4.69. The van der Waals surface area contributed by atoms with Crippen LogP contribution in [0.1, 0.15) is 39.1 Å². The van der Waals surface area contributed by atoms with E-state index < -0.39 is 10.7 Å². The summed E-state index contributed by atoms with van der Waals surface area (Å²) >= 11 is 1.24. The Bertz CT molecular complexity index is 910. The number of ketones is 1. The van der Waals surface area contributed by atoms with Crippen LogP contribution < -0.4 is 10.6 Å². The summed E-state index contributed by atoms with van der Waals surface area (Å²) in [6, 6.07) is 11.0. The van der Waals surface area contributed by atoms with Crippen molar-refractivity contribution in [1.29, 1.82) is 0 Å². The third-order valence-corrected chi connectivity index (χ3v) is 5.47. The molecule has 1 aliphatic heterocycles.